The average Bonchev–Trinajstić information content (AvgIpc) is 3.15. The zero-order valence-corrected chi connectivity index (χ0v) is 25.9. The monoisotopic (exact) mass is 588 g/mol. The van der Waals surface area contributed by atoms with Crippen molar-refractivity contribution < 1.29 is 0 Å². The van der Waals surface area contributed by atoms with Gasteiger partial charge in [0, 0.05) is 29.1 Å². The summed E-state index contributed by atoms with van der Waals surface area (Å²) in [6.07, 6.45) is 3.98. The fourth-order valence-corrected chi connectivity index (χ4v) is 7.01. The molecule has 218 valence electrons. The second-order valence-corrected chi connectivity index (χ2v) is 11.4. The normalized spacial score (nSPS) is 11.3. The molecule has 0 saturated heterocycles. The summed E-state index contributed by atoms with van der Waals surface area (Å²) >= 11 is 0. The number of rotatable bonds is 3. The minimum Gasteiger partial charge on any atom is -0.236 e. The van der Waals surface area contributed by atoms with Crippen molar-refractivity contribution >= 4 is 53.9 Å². The third-order valence-corrected chi connectivity index (χ3v) is 8.94. The molecule has 0 amide bonds. The molecule has 0 radical (unpaired) electrons. The summed E-state index contributed by atoms with van der Waals surface area (Å²) in [5.74, 6) is 0.724. The third-order valence-electron chi connectivity index (χ3n) is 8.94. The van der Waals surface area contributed by atoms with E-state index in [0.29, 0.717) is 0 Å². The van der Waals surface area contributed by atoms with Crippen LogP contribution >= 0.6 is 0 Å². The van der Waals surface area contributed by atoms with Gasteiger partial charge in [0.1, 0.15) is 0 Å². The van der Waals surface area contributed by atoms with Crippen LogP contribution in [0.1, 0.15) is 13.8 Å². The van der Waals surface area contributed by atoms with E-state index in [4.69, 9.17) is 9.97 Å². The molecule has 0 N–H and O–H groups in total. The molecule has 0 aliphatic rings. The molecule has 0 atom stereocenters. The van der Waals surface area contributed by atoms with Crippen LogP contribution in [0.25, 0.3) is 87.5 Å². The number of hydrogen-bond donors (Lipinski definition) is 0. The van der Waals surface area contributed by atoms with Crippen molar-refractivity contribution in [2.45, 2.75) is 13.8 Å². The Labute approximate surface area is 268 Å². The summed E-state index contributed by atoms with van der Waals surface area (Å²) in [6.45, 7) is 4.00. The van der Waals surface area contributed by atoms with Gasteiger partial charge in [-0.3, -0.25) is 0 Å². The van der Waals surface area contributed by atoms with Crippen LogP contribution in [-0.2, 0) is 0 Å². The fraction of sp³-hybridized carbons (Fsp3) is 0.0455. The summed E-state index contributed by atoms with van der Waals surface area (Å²) in [6, 6.07) is 52.0. The summed E-state index contributed by atoms with van der Waals surface area (Å²) in [5.41, 5.74) is 5.67. The SMILES string of the molecule is CC.c1ccc(-c2c3ccccc3c(-c3cnc(-c4ccc5c6ccccc6c6ccccc6c5c4)nc3)c3ccccc23)cc1. The lowest BCUT2D eigenvalue weighted by Crippen LogP contribution is -1.94. The lowest BCUT2D eigenvalue weighted by molar-refractivity contribution is 1.18. The molecular formula is C44H32N2. The van der Waals surface area contributed by atoms with Gasteiger partial charge in [-0.1, -0.05) is 153 Å². The molecule has 1 aromatic heterocycles. The highest BCUT2D eigenvalue weighted by Crippen LogP contribution is 2.43. The quantitative estimate of drug-likeness (QED) is 0.152. The Bertz CT molecular complexity index is 2440. The van der Waals surface area contributed by atoms with Crippen molar-refractivity contribution in [1.29, 1.82) is 0 Å². The van der Waals surface area contributed by atoms with E-state index in [2.05, 4.69) is 146 Å². The predicted octanol–water partition coefficient (Wildman–Crippen LogP) is 12.3. The van der Waals surface area contributed by atoms with E-state index < -0.39 is 0 Å². The smallest absolute Gasteiger partial charge is 0.159 e. The van der Waals surface area contributed by atoms with Crippen LogP contribution in [0, 0.1) is 0 Å². The van der Waals surface area contributed by atoms with Crippen molar-refractivity contribution in [3.63, 3.8) is 0 Å². The lowest BCUT2D eigenvalue weighted by atomic mass is 9.86. The first-order valence-corrected chi connectivity index (χ1v) is 16.0. The van der Waals surface area contributed by atoms with E-state index in [-0.39, 0.29) is 0 Å². The minimum absolute atomic E-state index is 0.724. The Hall–Kier alpha value is -5.86. The van der Waals surface area contributed by atoms with Gasteiger partial charge in [-0.05, 0) is 71.1 Å². The molecule has 0 aliphatic heterocycles. The van der Waals surface area contributed by atoms with Gasteiger partial charge in [-0.15, -0.1) is 0 Å². The van der Waals surface area contributed by atoms with Crippen LogP contribution in [0.15, 0.2) is 158 Å². The molecule has 0 saturated carbocycles. The molecule has 0 bridgehead atoms. The minimum atomic E-state index is 0.724. The summed E-state index contributed by atoms with van der Waals surface area (Å²) in [4.78, 5) is 9.92. The average molecular weight is 589 g/mol. The first-order valence-electron chi connectivity index (χ1n) is 16.0. The summed E-state index contributed by atoms with van der Waals surface area (Å²) in [5, 5.41) is 12.4. The summed E-state index contributed by atoms with van der Waals surface area (Å²) in [7, 11) is 0. The Balaban J connectivity index is 0.00000153. The van der Waals surface area contributed by atoms with E-state index in [1.54, 1.807) is 0 Å². The van der Waals surface area contributed by atoms with Crippen LogP contribution in [0.3, 0.4) is 0 Å². The number of nitrogens with zero attached hydrogens (tertiary/aromatic N) is 2. The molecule has 0 aliphatic carbocycles. The van der Waals surface area contributed by atoms with Gasteiger partial charge < -0.3 is 0 Å². The zero-order chi connectivity index (χ0) is 31.0. The molecule has 0 unspecified atom stereocenters. The molecule has 2 nitrogen and oxygen atoms in total. The predicted molar refractivity (Wildman–Crippen MR) is 197 cm³/mol. The molecule has 8 aromatic carbocycles. The van der Waals surface area contributed by atoms with E-state index in [1.165, 1.54) is 70.6 Å². The van der Waals surface area contributed by atoms with Gasteiger partial charge in [0.25, 0.3) is 0 Å². The first kappa shape index (κ1) is 27.7. The molecule has 0 fully saturated rings. The maximum absolute atomic E-state index is 4.96. The highest BCUT2D eigenvalue weighted by Gasteiger charge is 2.17. The molecule has 0 spiro atoms. The van der Waals surface area contributed by atoms with Crippen molar-refractivity contribution in [2.75, 3.05) is 0 Å². The van der Waals surface area contributed by atoms with Crippen molar-refractivity contribution in [3.05, 3.63) is 158 Å². The maximum atomic E-state index is 4.96. The largest absolute Gasteiger partial charge is 0.236 e. The lowest BCUT2D eigenvalue weighted by Gasteiger charge is -2.17. The zero-order valence-electron chi connectivity index (χ0n) is 25.9. The van der Waals surface area contributed by atoms with Crippen molar-refractivity contribution in [3.8, 4) is 33.6 Å². The third kappa shape index (κ3) is 4.42. The fourth-order valence-electron chi connectivity index (χ4n) is 7.01. The van der Waals surface area contributed by atoms with Crippen LogP contribution in [0.2, 0.25) is 0 Å². The van der Waals surface area contributed by atoms with Crippen LogP contribution in [-0.4, -0.2) is 9.97 Å². The molecular weight excluding hydrogens is 556 g/mol. The van der Waals surface area contributed by atoms with Crippen molar-refractivity contribution in [1.82, 2.24) is 9.97 Å². The number of fused-ring (bicyclic) bond motifs is 8. The van der Waals surface area contributed by atoms with Gasteiger partial charge in [0.2, 0.25) is 0 Å². The van der Waals surface area contributed by atoms with E-state index >= 15 is 0 Å². The van der Waals surface area contributed by atoms with Crippen LogP contribution in [0.5, 0.6) is 0 Å². The highest BCUT2D eigenvalue weighted by molar-refractivity contribution is 6.26. The maximum Gasteiger partial charge on any atom is 0.159 e. The van der Waals surface area contributed by atoms with Crippen LogP contribution < -0.4 is 0 Å². The second-order valence-electron chi connectivity index (χ2n) is 11.4. The Morgan fingerprint density at radius 2 is 0.674 bits per heavy atom. The molecule has 1 heterocycles. The Morgan fingerprint density at radius 1 is 0.304 bits per heavy atom. The summed E-state index contributed by atoms with van der Waals surface area (Å²) < 4.78 is 0. The first-order chi connectivity index (χ1) is 22.8. The molecule has 9 aromatic rings. The standard InChI is InChI=1S/C42H26N2.C2H6/c1-2-12-27(13-3-1)40-35-18-8-10-20-37(35)41(38-21-11-9-19-36(38)40)29-25-43-42(44-26-29)28-22-23-34-32-16-5-4-14-30(32)31-15-6-7-17-33(31)39(34)24-28;1-2/h1-26H;1-2H3. The van der Waals surface area contributed by atoms with Gasteiger partial charge in [0.15, 0.2) is 5.82 Å². The van der Waals surface area contributed by atoms with Crippen LogP contribution in [0.4, 0.5) is 0 Å². The van der Waals surface area contributed by atoms with Gasteiger partial charge in [-0.25, -0.2) is 9.97 Å². The van der Waals surface area contributed by atoms with Gasteiger partial charge in [0.05, 0.1) is 0 Å². The number of hydrogen-bond acceptors (Lipinski definition) is 2. The molecule has 2 heteroatoms. The van der Waals surface area contributed by atoms with Gasteiger partial charge in [-0.2, -0.15) is 0 Å². The molecule has 46 heavy (non-hydrogen) atoms. The van der Waals surface area contributed by atoms with Gasteiger partial charge >= 0.3 is 0 Å². The van der Waals surface area contributed by atoms with E-state index in [9.17, 15) is 0 Å². The number of aromatic nitrogens is 2. The second kappa shape index (κ2) is 11.6. The Morgan fingerprint density at radius 3 is 1.15 bits per heavy atom. The Kier molecular flexibility index (Phi) is 6.96. The molecule has 9 rings (SSSR count). The van der Waals surface area contributed by atoms with Crippen molar-refractivity contribution in [2.24, 2.45) is 0 Å². The van der Waals surface area contributed by atoms with E-state index in [0.717, 1.165) is 17.0 Å². The topological polar surface area (TPSA) is 25.8 Å². The highest BCUT2D eigenvalue weighted by atomic mass is 14.9. The number of benzene rings is 8. The van der Waals surface area contributed by atoms with E-state index in [1.807, 2.05) is 26.2 Å².